The van der Waals surface area contributed by atoms with Gasteiger partial charge in [0.2, 0.25) is 0 Å². The molecule has 3 heterocycles. The van der Waals surface area contributed by atoms with Crippen molar-refractivity contribution < 1.29 is 9.90 Å². The van der Waals surface area contributed by atoms with Crippen molar-refractivity contribution in [2.24, 2.45) is 13.0 Å². The second kappa shape index (κ2) is 7.07. The molecule has 6 heteroatoms. The maximum Gasteiger partial charge on any atom is 0.254 e. The Bertz CT molecular complexity index is 699. The van der Waals surface area contributed by atoms with E-state index in [0.29, 0.717) is 24.8 Å². The maximum absolute atomic E-state index is 12.6. The highest BCUT2D eigenvalue weighted by Gasteiger charge is 2.30. The summed E-state index contributed by atoms with van der Waals surface area (Å²) in [5, 5.41) is 12.5. The molecule has 0 bridgehead atoms. The summed E-state index contributed by atoms with van der Waals surface area (Å²) in [7, 11) is 1.90. The number of rotatable bonds is 4. The second-order valence-corrected chi connectivity index (χ2v) is 7.81. The summed E-state index contributed by atoms with van der Waals surface area (Å²) in [5.41, 5.74) is 0.798. The van der Waals surface area contributed by atoms with Crippen LogP contribution in [-0.2, 0) is 7.05 Å². The first-order chi connectivity index (χ1) is 11.5. The van der Waals surface area contributed by atoms with Crippen LogP contribution in [0.1, 0.15) is 59.8 Å². The molecule has 2 aromatic rings. The van der Waals surface area contributed by atoms with Crippen LogP contribution in [-0.4, -0.2) is 38.6 Å². The molecule has 0 spiro atoms. The van der Waals surface area contributed by atoms with Gasteiger partial charge in [0.15, 0.2) is 0 Å². The largest absolute Gasteiger partial charge is 0.385 e. The average Bonchev–Trinajstić information content (AvgIpc) is 3.23. The van der Waals surface area contributed by atoms with Gasteiger partial charge in [0.25, 0.3) is 5.91 Å². The molecule has 1 aliphatic heterocycles. The minimum absolute atomic E-state index is 0.114. The molecule has 0 unspecified atom stereocenters. The zero-order valence-electron chi connectivity index (χ0n) is 14.5. The van der Waals surface area contributed by atoms with Crippen LogP contribution in [0.5, 0.6) is 0 Å². The van der Waals surface area contributed by atoms with Crippen LogP contribution in [0.25, 0.3) is 0 Å². The third-order valence-corrected chi connectivity index (χ3v) is 6.07. The monoisotopic (exact) mass is 347 g/mol. The van der Waals surface area contributed by atoms with Gasteiger partial charge in [0, 0.05) is 42.8 Å². The van der Waals surface area contributed by atoms with Gasteiger partial charge >= 0.3 is 0 Å². The van der Waals surface area contributed by atoms with E-state index < -0.39 is 6.10 Å². The minimum Gasteiger partial charge on any atom is -0.385 e. The van der Waals surface area contributed by atoms with E-state index in [4.69, 9.17) is 0 Å². The first kappa shape index (κ1) is 17.2. The molecule has 1 saturated heterocycles. The molecule has 0 saturated carbocycles. The molecule has 24 heavy (non-hydrogen) atoms. The summed E-state index contributed by atoms with van der Waals surface area (Å²) in [5.74, 6) is 1.43. The highest BCUT2D eigenvalue weighted by atomic mass is 32.1. The van der Waals surface area contributed by atoms with Gasteiger partial charge in [-0.3, -0.25) is 4.79 Å². The predicted octanol–water partition coefficient (Wildman–Crippen LogP) is 3.19. The van der Waals surface area contributed by atoms with E-state index in [0.717, 1.165) is 18.4 Å². The van der Waals surface area contributed by atoms with Gasteiger partial charge in [-0.15, -0.1) is 11.3 Å². The number of carbonyl (C=O) groups is 1. The fraction of sp³-hybridized carbons (Fsp3) is 0.556. The summed E-state index contributed by atoms with van der Waals surface area (Å²) in [6.07, 6.45) is 4.61. The number of likely N-dealkylation sites (tertiary alicyclic amines) is 1. The van der Waals surface area contributed by atoms with Crippen LogP contribution in [0.4, 0.5) is 0 Å². The number of imidazole rings is 1. The molecule has 0 aromatic carbocycles. The molecule has 0 aliphatic carbocycles. The summed E-state index contributed by atoms with van der Waals surface area (Å²) in [6, 6.07) is 2.02. The van der Waals surface area contributed by atoms with E-state index in [2.05, 4.69) is 18.8 Å². The number of aryl methyl sites for hydroxylation is 1. The van der Waals surface area contributed by atoms with Gasteiger partial charge < -0.3 is 14.6 Å². The van der Waals surface area contributed by atoms with E-state index >= 15 is 0 Å². The number of aromatic nitrogens is 2. The van der Waals surface area contributed by atoms with Gasteiger partial charge in [-0.2, -0.15) is 0 Å². The fourth-order valence-corrected chi connectivity index (χ4v) is 4.14. The fourth-order valence-electron chi connectivity index (χ4n) is 3.24. The number of thiophene rings is 1. The van der Waals surface area contributed by atoms with Crippen LogP contribution in [0.2, 0.25) is 0 Å². The van der Waals surface area contributed by atoms with E-state index in [9.17, 15) is 9.90 Å². The lowest BCUT2D eigenvalue weighted by molar-refractivity contribution is 0.0420. The highest BCUT2D eigenvalue weighted by Crippen LogP contribution is 2.31. The highest BCUT2D eigenvalue weighted by molar-refractivity contribution is 7.10. The van der Waals surface area contributed by atoms with Gasteiger partial charge in [0.1, 0.15) is 11.9 Å². The number of amides is 1. The maximum atomic E-state index is 12.6. The van der Waals surface area contributed by atoms with E-state index in [1.54, 1.807) is 17.5 Å². The van der Waals surface area contributed by atoms with Crippen LogP contribution in [0.15, 0.2) is 23.8 Å². The van der Waals surface area contributed by atoms with Gasteiger partial charge in [-0.05, 0) is 30.7 Å². The zero-order chi connectivity index (χ0) is 17.3. The Hall–Kier alpha value is -1.66. The summed E-state index contributed by atoms with van der Waals surface area (Å²) >= 11 is 1.66. The minimum atomic E-state index is -0.559. The van der Waals surface area contributed by atoms with Gasteiger partial charge in [-0.25, -0.2) is 4.98 Å². The first-order valence-electron chi connectivity index (χ1n) is 8.50. The molecular formula is C18H25N3O2S. The molecular weight excluding hydrogens is 322 g/mol. The Morgan fingerprint density at radius 3 is 2.62 bits per heavy atom. The third-order valence-electron chi connectivity index (χ3n) is 4.83. The van der Waals surface area contributed by atoms with Crippen molar-refractivity contribution in [2.45, 2.75) is 38.7 Å². The number of hydrogen-bond donors (Lipinski definition) is 1. The van der Waals surface area contributed by atoms with Crippen molar-refractivity contribution in [1.82, 2.24) is 14.5 Å². The van der Waals surface area contributed by atoms with Crippen LogP contribution < -0.4 is 0 Å². The number of nitrogens with zero attached hydrogens (tertiary/aromatic N) is 3. The summed E-state index contributed by atoms with van der Waals surface area (Å²) in [4.78, 5) is 20.1. The number of piperidine rings is 1. The van der Waals surface area contributed by atoms with E-state index in [1.165, 1.54) is 4.88 Å². The molecule has 3 rings (SSSR count). The quantitative estimate of drug-likeness (QED) is 0.924. The average molecular weight is 347 g/mol. The van der Waals surface area contributed by atoms with Crippen molar-refractivity contribution in [2.75, 3.05) is 13.1 Å². The number of aliphatic hydroxyl groups is 1. The van der Waals surface area contributed by atoms with Crippen LogP contribution in [0, 0.1) is 5.92 Å². The Morgan fingerprint density at radius 2 is 2.08 bits per heavy atom. The number of aliphatic hydroxyl groups excluding tert-OH is 1. The van der Waals surface area contributed by atoms with Crippen molar-refractivity contribution in [1.29, 1.82) is 0 Å². The van der Waals surface area contributed by atoms with Gasteiger partial charge in [-0.1, -0.05) is 13.8 Å². The van der Waals surface area contributed by atoms with Crippen molar-refractivity contribution >= 4 is 17.2 Å². The SMILES string of the molecule is CC(C)c1cc(C(=O)N2CCC([C@@H](O)c3nccn3C)CC2)cs1. The van der Waals surface area contributed by atoms with Gasteiger partial charge in [0.05, 0.1) is 5.56 Å². The Kier molecular flexibility index (Phi) is 5.06. The van der Waals surface area contributed by atoms with Crippen molar-refractivity contribution in [3.63, 3.8) is 0 Å². The van der Waals surface area contributed by atoms with Crippen LogP contribution in [0.3, 0.4) is 0 Å². The number of hydrogen-bond acceptors (Lipinski definition) is 4. The van der Waals surface area contributed by atoms with E-state index in [-0.39, 0.29) is 11.8 Å². The molecule has 1 amide bonds. The van der Waals surface area contributed by atoms with E-state index in [1.807, 2.05) is 34.2 Å². The number of carbonyl (C=O) groups excluding carboxylic acids is 1. The third kappa shape index (κ3) is 3.39. The Morgan fingerprint density at radius 1 is 1.38 bits per heavy atom. The molecule has 1 atom stereocenters. The standard InChI is InChI=1S/C18H25N3O2S/c1-12(2)15-10-14(11-24-15)18(23)21-7-4-13(5-8-21)16(22)17-19-6-9-20(17)3/h6,9-13,16,22H,4-5,7-8H2,1-3H3/t16-/m1/s1. The lowest BCUT2D eigenvalue weighted by Crippen LogP contribution is -2.39. The van der Waals surface area contributed by atoms with Crippen molar-refractivity contribution in [3.05, 3.63) is 40.1 Å². The molecule has 130 valence electrons. The Balaban J connectivity index is 1.60. The lowest BCUT2D eigenvalue weighted by atomic mass is 9.90. The smallest absolute Gasteiger partial charge is 0.254 e. The first-order valence-corrected chi connectivity index (χ1v) is 9.38. The predicted molar refractivity (Wildman–Crippen MR) is 95.2 cm³/mol. The topological polar surface area (TPSA) is 58.4 Å². The molecule has 5 nitrogen and oxygen atoms in total. The lowest BCUT2D eigenvalue weighted by Gasteiger charge is -2.34. The molecule has 1 aliphatic rings. The second-order valence-electron chi connectivity index (χ2n) is 6.86. The zero-order valence-corrected chi connectivity index (χ0v) is 15.3. The van der Waals surface area contributed by atoms with Crippen molar-refractivity contribution in [3.8, 4) is 0 Å². The molecule has 1 N–H and O–H groups in total. The normalized spacial score (nSPS) is 17.5. The molecule has 0 radical (unpaired) electrons. The summed E-state index contributed by atoms with van der Waals surface area (Å²) < 4.78 is 1.86. The summed E-state index contributed by atoms with van der Waals surface area (Å²) in [6.45, 7) is 5.67. The Labute approximate surface area is 146 Å². The molecule has 1 fully saturated rings. The molecule has 2 aromatic heterocycles. The van der Waals surface area contributed by atoms with Crippen LogP contribution >= 0.6 is 11.3 Å².